The van der Waals surface area contributed by atoms with Gasteiger partial charge in [0.2, 0.25) is 5.79 Å². The third-order valence-electron chi connectivity index (χ3n) is 7.35. The van der Waals surface area contributed by atoms with Gasteiger partial charge in [-0.05, 0) is 86.2 Å². The number of carbonyl (C=O) groups is 1. The van der Waals surface area contributed by atoms with E-state index in [1.54, 1.807) is 0 Å². The summed E-state index contributed by atoms with van der Waals surface area (Å²) < 4.78 is 17.4. The molecule has 8 nitrogen and oxygen atoms in total. The highest BCUT2D eigenvalue weighted by molar-refractivity contribution is 5.99. The first kappa shape index (κ1) is 32.5. The van der Waals surface area contributed by atoms with Crippen molar-refractivity contribution >= 4 is 17.4 Å². The first-order valence-electron chi connectivity index (χ1n) is 15.5. The fourth-order valence-electron chi connectivity index (χ4n) is 4.98. The third kappa shape index (κ3) is 11.6. The average molecular weight is 590 g/mol. The SMILES string of the molecule is CC1(C)OCc2cc([C@@H](O)CNCCCCCCOCCCCc3cccc(NC(=O)Nc4ccccc4)c3)ccc2O1. The quantitative estimate of drug-likeness (QED) is 0.124. The Morgan fingerprint density at radius 3 is 2.47 bits per heavy atom. The Morgan fingerprint density at radius 2 is 1.63 bits per heavy atom. The fraction of sp³-hybridized carbons (Fsp3) is 0.457. The van der Waals surface area contributed by atoms with E-state index in [1.807, 2.05) is 80.6 Å². The molecule has 4 N–H and O–H groups in total. The number of hydrogen-bond acceptors (Lipinski definition) is 6. The van der Waals surface area contributed by atoms with Crippen molar-refractivity contribution in [2.45, 2.75) is 77.3 Å². The van der Waals surface area contributed by atoms with E-state index >= 15 is 0 Å². The summed E-state index contributed by atoms with van der Waals surface area (Å²) in [4.78, 5) is 12.2. The Kier molecular flexibility index (Phi) is 12.9. The summed E-state index contributed by atoms with van der Waals surface area (Å²) in [5.41, 5.74) is 4.61. The largest absolute Gasteiger partial charge is 0.463 e. The van der Waals surface area contributed by atoms with Crippen LogP contribution < -0.4 is 20.7 Å². The number of nitrogens with one attached hydrogen (secondary N) is 3. The average Bonchev–Trinajstić information content (AvgIpc) is 2.99. The lowest BCUT2D eigenvalue weighted by Gasteiger charge is -2.33. The number of urea groups is 1. The van der Waals surface area contributed by atoms with Gasteiger partial charge in [-0.25, -0.2) is 4.79 Å². The molecule has 1 aliphatic heterocycles. The van der Waals surface area contributed by atoms with Crippen LogP contribution in [0.3, 0.4) is 0 Å². The molecule has 1 heterocycles. The Labute approximate surface area is 256 Å². The van der Waals surface area contributed by atoms with Crippen molar-refractivity contribution in [3.8, 4) is 5.75 Å². The summed E-state index contributed by atoms with van der Waals surface area (Å²) in [7, 11) is 0. The van der Waals surface area contributed by atoms with Crippen LogP contribution in [-0.4, -0.2) is 43.2 Å². The second-order valence-corrected chi connectivity index (χ2v) is 11.5. The molecule has 3 aromatic rings. The van der Waals surface area contributed by atoms with Crippen molar-refractivity contribution in [1.29, 1.82) is 0 Å². The first-order chi connectivity index (χ1) is 20.9. The van der Waals surface area contributed by atoms with Crippen molar-refractivity contribution in [3.05, 3.63) is 89.5 Å². The molecule has 0 unspecified atom stereocenters. The van der Waals surface area contributed by atoms with Crippen LogP contribution in [0.15, 0.2) is 72.8 Å². The van der Waals surface area contributed by atoms with E-state index < -0.39 is 11.9 Å². The number of amides is 2. The van der Waals surface area contributed by atoms with Gasteiger partial charge in [0.15, 0.2) is 0 Å². The fourth-order valence-corrected chi connectivity index (χ4v) is 4.98. The zero-order valence-electron chi connectivity index (χ0n) is 25.6. The van der Waals surface area contributed by atoms with Crippen LogP contribution in [0.4, 0.5) is 16.2 Å². The lowest BCUT2D eigenvalue weighted by Crippen LogP contribution is -2.35. The molecule has 0 bridgehead atoms. The number of aliphatic hydroxyl groups excluding tert-OH is 1. The maximum absolute atomic E-state index is 12.2. The van der Waals surface area contributed by atoms with Gasteiger partial charge in [0.1, 0.15) is 5.75 Å². The molecule has 0 radical (unpaired) electrons. The summed E-state index contributed by atoms with van der Waals surface area (Å²) in [6, 6.07) is 23.0. The molecule has 3 aromatic carbocycles. The molecule has 0 saturated heterocycles. The Hall–Kier alpha value is -3.43. The molecule has 1 atom stereocenters. The number of fused-ring (bicyclic) bond motifs is 1. The summed E-state index contributed by atoms with van der Waals surface area (Å²) in [5, 5.41) is 19.7. The number of para-hydroxylation sites is 1. The number of ether oxygens (including phenoxy) is 3. The van der Waals surface area contributed by atoms with Crippen LogP contribution in [0.25, 0.3) is 0 Å². The van der Waals surface area contributed by atoms with E-state index in [0.717, 1.165) is 93.0 Å². The van der Waals surface area contributed by atoms with Crippen molar-refractivity contribution in [2.24, 2.45) is 0 Å². The van der Waals surface area contributed by atoms with Gasteiger partial charge < -0.3 is 35.3 Å². The topological polar surface area (TPSA) is 101 Å². The van der Waals surface area contributed by atoms with Gasteiger partial charge in [-0.2, -0.15) is 0 Å². The lowest BCUT2D eigenvalue weighted by atomic mass is 10.0. The summed E-state index contributed by atoms with van der Waals surface area (Å²) >= 11 is 0. The van der Waals surface area contributed by atoms with Crippen LogP contribution in [-0.2, 0) is 22.5 Å². The number of rotatable bonds is 17. The monoisotopic (exact) mass is 589 g/mol. The van der Waals surface area contributed by atoms with E-state index in [-0.39, 0.29) is 6.03 Å². The molecule has 2 amide bonds. The predicted molar refractivity (Wildman–Crippen MR) is 172 cm³/mol. The number of hydrogen-bond donors (Lipinski definition) is 4. The van der Waals surface area contributed by atoms with Crippen molar-refractivity contribution in [2.75, 3.05) is 36.9 Å². The number of anilines is 2. The molecule has 0 fully saturated rings. The van der Waals surface area contributed by atoms with Gasteiger partial charge >= 0.3 is 6.03 Å². The normalized spacial score (nSPS) is 14.4. The number of aryl methyl sites for hydroxylation is 1. The summed E-state index contributed by atoms with van der Waals surface area (Å²) in [5.74, 6) is 0.214. The minimum atomic E-state index is -0.612. The Bertz CT molecular complexity index is 1270. The van der Waals surface area contributed by atoms with Gasteiger partial charge in [-0.15, -0.1) is 0 Å². The number of carbonyl (C=O) groups excluding carboxylic acids is 1. The van der Waals surface area contributed by atoms with Crippen molar-refractivity contribution < 1.29 is 24.1 Å². The zero-order valence-corrected chi connectivity index (χ0v) is 25.6. The summed E-state index contributed by atoms with van der Waals surface area (Å²) in [6.07, 6.45) is 6.89. The van der Waals surface area contributed by atoms with Gasteiger partial charge in [-0.3, -0.25) is 0 Å². The van der Waals surface area contributed by atoms with Crippen LogP contribution in [0.5, 0.6) is 5.75 Å². The maximum Gasteiger partial charge on any atom is 0.323 e. The molecule has 43 heavy (non-hydrogen) atoms. The van der Waals surface area contributed by atoms with Crippen molar-refractivity contribution in [1.82, 2.24) is 5.32 Å². The Morgan fingerprint density at radius 1 is 0.884 bits per heavy atom. The molecular formula is C35H47N3O5. The maximum atomic E-state index is 12.2. The molecule has 0 saturated carbocycles. The predicted octanol–water partition coefficient (Wildman–Crippen LogP) is 7.20. The molecule has 1 aliphatic rings. The lowest BCUT2D eigenvalue weighted by molar-refractivity contribution is -0.180. The zero-order chi connectivity index (χ0) is 30.3. The molecular weight excluding hydrogens is 542 g/mol. The van der Waals surface area contributed by atoms with E-state index in [1.165, 1.54) is 5.56 Å². The van der Waals surface area contributed by atoms with Crippen LogP contribution in [0.2, 0.25) is 0 Å². The van der Waals surface area contributed by atoms with Gasteiger partial charge in [-0.1, -0.05) is 49.2 Å². The molecule has 8 heteroatoms. The minimum Gasteiger partial charge on any atom is -0.463 e. The van der Waals surface area contributed by atoms with Crippen LogP contribution in [0, 0.1) is 0 Å². The van der Waals surface area contributed by atoms with E-state index in [9.17, 15) is 9.90 Å². The van der Waals surface area contributed by atoms with Crippen LogP contribution >= 0.6 is 0 Å². The van der Waals surface area contributed by atoms with Crippen LogP contribution in [0.1, 0.15) is 75.2 Å². The minimum absolute atomic E-state index is 0.246. The highest BCUT2D eigenvalue weighted by Gasteiger charge is 2.27. The second kappa shape index (κ2) is 17.0. The smallest absolute Gasteiger partial charge is 0.323 e. The van der Waals surface area contributed by atoms with E-state index in [0.29, 0.717) is 13.2 Å². The molecule has 232 valence electrons. The molecule has 0 aliphatic carbocycles. The molecule has 0 aromatic heterocycles. The number of aliphatic hydroxyl groups is 1. The van der Waals surface area contributed by atoms with Gasteiger partial charge in [0.05, 0.1) is 12.7 Å². The van der Waals surface area contributed by atoms with Gasteiger partial charge in [0.25, 0.3) is 0 Å². The molecule has 4 rings (SSSR count). The first-order valence-corrected chi connectivity index (χ1v) is 15.5. The number of benzene rings is 3. The second-order valence-electron chi connectivity index (χ2n) is 11.5. The van der Waals surface area contributed by atoms with Gasteiger partial charge in [0, 0.05) is 50.5 Å². The number of unbranched alkanes of at least 4 members (excludes halogenated alkanes) is 4. The third-order valence-corrected chi connectivity index (χ3v) is 7.35. The Balaban J connectivity index is 0.970. The van der Waals surface area contributed by atoms with E-state index in [2.05, 4.69) is 22.0 Å². The highest BCUT2D eigenvalue weighted by Crippen LogP contribution is 2.32. The highest BCUT2D eigenvalue weighted by atomic mass is 16.7. The van der Waals surface area contributed by atoms with E-state index in [4.69, 9.17) is 14.2 Å². The van der Waals surface area contributed by atoms with Crippen molar-refractivity contribution in [3.63, 3.8) is 0 Å². The standard InChI is InChI=1S/C35H47N3O5/c1-35(2)42-26-29-24-28(18-19-33(29)43-35)32(39)25-36-20-9-3-4-10-21-41-22-11-8-13-27-14-12-17-31(23-27)38-34(40)37-30-15-6-5-7-16-30/h5-7,12,14-19,23-24,32,36,39H,3-4,8-11,13,20-22,25-26H2,1-2H3,(H2,37,38,40)/t32-/m0/s1. The molecule has 0 spiro atoms. The summed E-state index contributed by atoms with van der Waals surface area (Å²) in [6.45, 7) is 7.27.